The number of fused-ring (bicyclic) bond motifs is 1. The summed E-state index contributed by atoms with van der Waals surface area (Å²) in [6, 6.07) is 16.6. The number of para-hydroxylation sites is 1. The van der Waals surface area contributed by atoms with Gasteiger partial charge in [-0.15, -0.1) is 23.7 Å². The fraction of sp³-hybridized carbons (Fsp3) is 0.348. The number of thiazole rings is 1. The van der Waals surface area contributed by atoms with Gasteiger partial charge < -0.3 is 15.1 Å². The molecule has 1 saturated heterocycles. The number of unbranched alkanes of at least 4 members (excludes halogenated alkanes) is 1. The first kappa shape index (κ1) is 23.4. The lowest BCUT2D eigenvalue weighted by Crippen LogP contribution is -2.20. The Hall–Kier alpha value is -1.92. The van der Waals surface area contributed by atoms with Crippen molar-refractivity contribution in [2.75, 3.05) is 26.2 Å². The Labute approximate surface area is 182 Å². The lowest BCUT2D eigenvalue weighted by atomic mass is 10.2. The van der Waals surface area contributed by atoms with Crippen molar-refractivity contribution in [3.63, 3.8) is 0 Å². The summed E-state index contributed by atoms with van der Waals surface area (Å²) < 4.78 is 7.10. The van der Waals surface area contributed by atoms with Crippen molar-refractivity contribution < 1.29 is 10.2 Å². The van der Waals surface area contributed by atoms with E-state index in [9.17, 15) is 0 Å². The highest BCUT2D eigenvalue weighted by Crippen LogP contribution is 2.23. The molecule has 1 aliphatic rings. The van der Waals surface area contributed by atoms with Crippen molar-refractivity contribution in [2.45, 2.75) is 25.7 Å². The van der Waals surface area contributed by atoms with Gasteiger partial charge in [-0.05, 0) is 81.2 Å². The van der Waals surface area contributed by atoms with E-state index in [1.807, 2.05) is 6.07 Å². The molecule has 1 fully saturated rings. The molecule has 29 heavy (non-hydrogen) atoms. The lowest BCUT2D eigenvalue weighted by molar-refractivity contribution is 0.280. The predicted molar refractivity (Wildman–Crippen MR) is 126 cm³/mol. The SMILES string of the molecule is C(=C\c1nc2ccccc2s1)/c1ccc(OCCCCN2CCCC2)cc1.Cl.O. The van der Waals surface area contributed by atoms with Crippen LogP contribution in [0.4, 0.5) is 0 Å². The number of hydrogen-bond acceptors (Lipinski definition) is 4. The van der Waals surface area contributed by atoms with Gasteiger partial charge >= 0.3 is 0 Å². The number of likely N-dealkylation sites (tertiary alicyclic amines) is 1. The maximum atomic E-state index is 5.88. The van der Waals surface area contributed by atoms with Crippen molar-refractivity contribution in [1.29, 1.82) is 0 Å². The van der Waals surface area contributed by atoms with Crippen LogP contribution in [-0.2, 0) is 0 Å². The molecule has 0 atom stereocenters. The summed E-state index contributed by atoms with van der Waals surface area (Å²) in [7, 11) is 0. The maximum Gasteiger partial charge on any atom is 0.119 e. The summed E-state index contributed by atoms with van der Waals surface area (Å²) in [4.78, 5) is 7.20. The molecule has 2 aromatic carbocycles. The van der Waals surface area contributed by atoms with E-state index in [4.69, 9.17) is 4.74 Å². The average molecular weight is 433 g/mol. The van der Waals surface area contributed by atoms with Gasteiger partial charge in [0.15, 0.2) is 0 Å². The van der Waals surface area contributed by atoms with Crippen molar-refractivity contribution >= 4 is 46.1 Å². The number of ether oxygens (including phenoxy) is 1. The van der Waals surface area contributed by atoms with Crippen LogP contribution in [0.3, 0.4) is 0 Å². The number of hydrogen-bond donors (Lipinski definition) is 0. The van der Waals surface area contributed by atoms with E-state index in [2.05, 4.69) is 64.5 Å². The molecule has 6 heteroatoms. The van der Waals surface area contributed by atoms with Crippen LogP contribution in [0.2, 0.25) is 0 Å². The summed E-state index contributed by atoms with van der Waals surface area (Å²) in [5, 5.41) is 1.04. The molecule has 3 aromatic rings. The Morgan fingerprint density at radius 1 is 0.966 bits per heavy atom. The highest BCUT2D eigenvalue weighted by atomic mass is 35.5. The second-order valence-corrected chi connectivity index (χ2v) is 8.09. The van der Waals surface area contributed by atoms with Crippen molar-refractivity contribution in [3.8, 4) is 5.75 Å². The molecule has 1 aliphatic heterocycles. The van der Waals surface area contributed by atoms with Crippen LogP contribution in [0.25, 0.3) is 22.4 Å². The number of aromatic nitrogens is 1. The van der Waals surface area contributed by atoms with Crippen LogP contribution < -0.4 is 4.74 Å². The molecule has 0 unspecified atom stereocenters. The van der Waals surface area contributed by atoms with E-state index >= 15 is 0 Å². The number of halogens is 1. The van der Waals surface area contributed by atoms with Gasteiger partial charge in [-0.3, -0.25) is 0 Å². The van der Waals surface area contributed by atoms with Crippen molar-refractivity contribution in [2.24, 2.45) is 0 Å². The zero-order chi connectivity index (χ0) is 18.3. The van der Waals surface area contributed by atoms with E-state index in [0.29, 0.717) is 0 Å². The van der Waals surface area contributed by atoms with Crippen molar-refractivity contribution in [1.82, 2.24) is 9.88 Å². The van der Waals surface area contributed by atoms with E-state index in [1.54, 1.807) is 11.3 Å². The van der Waals surface area contributed by atoms with E-state index < -0.39 is 0 Å². The monoisotopic (exact) mass is 432 g/mol. The highest BCUT2D eigenvalue weighted by Gasteiger charge is 2.10. The van der Waals surface area contributed by atoms with Gasteiger partial charge in [-0.25, -0.2) is 4.98 Å². The molecule has 0 bridgehead atoms. The standard InChI is InChI=1S/C23H26N2OS.ClH.H2O/c1-2-8-22-21(7-1)24-23(27-22)14-11-19-9-12-20(13-10-19)26-18-6-5-17-25-15-3-4-16-25;;/h1-2,7-14H,3-6,15-18H2;1H;1H2/b14-11+;;. The molecule has 0 saturated carbocycles. The Morgan fingerprint density at radius 2 is 1.72 bits per heavy atom. The zero-order valence-electron chi connectivity index (χ0n) is 16.5. The molecule has 2 heterocycles. The maximum absolute atomic E-state index is 5.88. The molecule has 1 aromatic heterocycles. The Balaban J connectivity index is 0.00000150. The molecular formula is C23H29ClN2O2S. The van der Waals surface area contributed by atoms with Gasteiger partial charge in [0.05, 0.1) is 16.8 Å². The molecule has 0 spiro atoms. The summed E-state index contributed by atoms with van der Waals surface area (Å²) in [5.74, 6) is 0.952. The molecular weight excluding hydrogens is 404 g/mol. The van der Waals surface area contributed by atoms with E-state index in [-0.39, 0.29) is 17.9 Å². The van der Waals surface area contributed by atoms with Crippen LogP contribution in [-0.4, -0.2) is 41.6 Å². The van der Waals surface area contributed by atoms with Gasteiger partial charge in [0, 0.05) is 0 Å². The smallest absolute Gasteiger partial charge is 0.119 e. The van der Waals surface area contributed by atoms with E-state index in [1.165, 1.54) is 43.6 Å². The predicted octanol–water partition coefficient (Wildman–Crippen LogP) is 5.32. The van der Waals surface area contributed by atoms with Gasteiger partial charge in [-0.1, -0.05) is 30.3 Å². The van der Waals surface area contributed by atoms with Crippen molar-refractivity contribution in [3.05, 3.63) is 59.1 Å². The Bertz CT molecular complexity index is 856. The normalized spacial score (nSPS) is 14.1. The van der Waals surface area contributed by atoms with Gasteiger partial charge in [0.25, 0.3) is 0 Å². The molecule has 0 aliphatic carbocycles. The van der Waals surface area contributed by atoms with Crippen LogP contribution in [0.5, 0.6) is 5.75 Å². The Kier molecular flexibility index (Phi) is 9.61. The third-order valence-electron chi connectivity index (χ3n) is 4.94. The first-order chi connectivity index (χ1) is 13.4. The molecule has 0 radical (unpaired) electrons. The van der Waals surface area contributed by atoms with Crippen LogP contribution in [0.1, 0.15) is 36.3 Å². The third-order valence-corrected chi connectivity index (χ3v) is 5.95. The first-order valence-corrected chi connectivity index (χ1v) is 10.7. The molecule has 156 valence electrons. The quantitative estimate of drug-likeness (QED) is 0.452. The molecule has 0 amide bonds. The van der Waals surface area contributed by atoms with E-state index in [0.717, 1.165) is 34.9 Å². The highest BCUT2D eigenvalue weighted by molar-refractivity contribution is 7.19. The molecule has 4 rings (SSSR count). The second kappa shape index (κ2) is 11.9. The summed E-state index contributed by atoms with van der Waals surface area (Å²) in [6.07, 6.45) is 9.28. The third kappa shape index (κ3) is 6.82. The van der Waals surface area contributed by atoms with Crippen LogP contribution in [0, 0.1) is 0 Å². The minimum absolute atomic E-state index is 0. The summed E-state index contributed by atoms with van der Waals surface area (Å²) in [5.41, 5.74) is 2.23. The van der Waals surface area contributed by atoms with Gasteiger partial charge in [0.2, 0.25) is 0 Å². The lowest BCUT2D eigenvalue weighted by Gasteiger charge is -2.14. The molecule has 2 N–H and O–H groups in total. The fourth-order valence-electron chi connectivity index (χ4n) is 3.44. The minimum Gasteiger partial charge on any atom is -0.494 e. The minimum atomic E-state index is 0. The number of nitrogens with zero attached hydrogens (tertiary/aromatic N) is 2. The summed E-state index contributed by atoms with van der Waals surface area (Å²) in [6.45, 7) is 4.59. The molecule has 4 nitrogen and oxygen atoms in total. The fourth-order valence-corrected chi connectivity index (χ4v) is 4.31. The summed E-state index contributed by atoms with van der Waals surface area (Å²) >= 11 is 1.72. The topological polar surface area (TPSA) is 56.9 Å². The average Bonchev–Trinajstić information content (AvgIpc) is 3.36. The van der Waals surface area contributed by atoms with Gasteiger partial charge in [-0.2, -0.15) is 0 Å². The largest absolute Gasteiger partial charge is 0.494 e. The van der Waals surface area contributed by atoms with Gasteiger partial charge in [0.1, 0.15) is 10.8 Å². The Morgan fingerprint density at radius 3 is 2.48 bits per heavy atom. The zero-order valence-corrected chi connectivity index (χ0v) is 18.2. The number of benzene rings is 2. The van der Waals surface area contributed by atoms with Crippen LogP contribution in [0.15, 0.2) is 48.5 Å². The van der Waals surface area contributed by atoms with Crippen LogP contribution >= 0.6 is 23.7 Å². The first-order valence-electron chi connectivity index (χ1n) is 9.86. The number of rotatable bonds is 8. The second-order valence-electron chi connectivity index (χ2n) is 7.03.